The van der Waals surface area contributed by atoms with Crippen molar-refractivity contribution in [2.75, 3.05) is 0 Å². The van der Waals surface area contributed by atoms with Crippen molar-refractivity contribution in [3.05, 3.63) is 0 Å². The van der Waals surface area contributed by atoms with E-state index in [4.69, 9.17) is 26.9 Å². The Kier molecular flexibility index (Phi) is 4.35. The number of aliphatic hydroxyl groups excluding tert-OH is 1. The molecule has 1 heterocycles. The van der Waals surface area contributed by atoms with Gasteiger partial charge in [-0.25, -0.2) is 0 Å². The van der Waals surface area contributed by atoms with Crippen LogP contribution in [0.15, 0.2) is 5.16 Å². The monoisotopic (exact) mass is 264 g/mol. The highest BCUT2D eigenvalue weighted by Crippen LogP contribution is 2.24. The zero-order valence-corrected chi connectivity index (χ0v) is 10.8. The Morgan fingerprint density at radius 2 is 2.29 bits per heavy atom. The standard InChI is InChI=1S/C10H17ClN2O4/c1-10(2,3)16-9(15)7(8(12)14)5-4-6(11)13-17-5/h5,7-8,14H,4,12H2,1-3H3/t5-,7-,8?/m1/s1. The number of ether oxygens (including phenoxy) is 1. The minimum absolute atomic E-state index is 0.236. The summed E-state index contributed by atoms with van der Waals surface area (Å²) in [5, 5.41) is 13.2. The van der Waals surface area contributed by atoms with Gasteiger partial charge in [0, 0.05) is 6.42 Å². The van der Waals surface area contributed by atoms with Crippen LogP contribution in [-0.2, 0) is 14.4 Å². The molecule has 7 heteroatoms. The Hall–Kier alpha value is -0.850. The van der Waals surface area contributed by atoms with E-state index >= 15 is 0 Å². The van der Waals surface area contributed by atoms with Gasteiger partial charge in [-0.05, 0) is 20.8 Å². The first-order chi connectivity index (χ1) is 7.70. The molecule has 1 aliphatic heterocycles. The maximum atomic E-state index is 11.9. The molecule has 0 bridgehead atoms. The summed E-state index contributed by atoms with van der Waals surface area (Å²) in [6.07, 6.45) is -1.83. The molecular formula is C10H17ClN2O4. The minimum Gasteiger partial charge on any atom is -0.460 e. The first-order valence-electron chi connectivity index (χ1n) is 5.25. The Morgan fingerprint density at radius 3 is 2.65 bits per heavy atom. The number of carbonyl (C=O) groups excluding carboxylic acids is 1. The Labute approximate surface area is 105 Å². The molecule has 0 aliphatic carbocycles. The maximum absolute atomic E-state index is 11.9. The molecule has 0 radical (unpaired) electrons. The summed E-state index contributed by atoms with van der Waals surface area (Å²) >= 11 is 5.64. The second-order valence-electron chi connectivity index (χ2n) is 4.87. The van der Waals surface area contributed by atoms with Crippen LogP contribution >= 0.6 is 11.6 Å². The number of oxime groups is 1. The summed E-state index contributed by atoms with van der Waals surface area (Å²) in [5.41, 5.74) is 4.70. The molecule has 0 aromatic heterocycles. The number of aliphatic hydroxyl groups is 1. The largest absolute Gasteiger partial charge is 0.460 e. The van der Waals surface area contributed by atoms with Gasteiger partial charge >= 0.3 is 5.97 Å². The Balaban J connectivity index is 2.70. The van der Waals surface area contributed by atoms with Gasteiger partial charge in [-0.2, -0.15) is 0 Å². The molecule has 1 rings (SSSR count). The van der Waals surface area contributed by atoms with Gasteiger partial charge in [-0.15, -0.1) is 0 Å². The molecule has 0 saturated carbocycles. The number of carbonyl (C=O) groups is 1. The van der Waals surface area contributed by atoms with Crippen LogP contribution in [0.2, 0.25) is 0 Å². The van der Waals surface area contributed by atoms with Gasteiger partial charge in [0.25, 0.3) is 0 Å². The molecule has 3 N–H and O–H groups in total. The van der Waals surface area contributed by atoms with Crippen LogP contribution in [0.4, 0.5) is 0 Å². The lowest BCUT2D eigenvalue weighted by atomic mass is 9.98. The molecule has 0 aromatic carbocycles. The first-order valence-corrected chi connectivity index (χ1v) is 5.63. The van der Waals surface area contributed by atoms with E-state index in [9.17, 15) is 9.90 Å². The van der Waals surface area contributed by atoms with Crippen LogP contribution in [-0.4, -0.2) is 34.2 Å². The van der Waals surface area contributed by atoms with E-state index in [1.165, 1.54) is 0 Å². The number of nitrogens with zero attached hydrogens (tertiary/aromatic N) is 1. The predicted octanol–water partition coefficient (Wildman–Crippen LogP) is 0.563. The number of nitrogens with two attached hydrogens (primary N) is 1. The lowest BCUT2D eigenvalue weighted by Gasteiger charge is -2.27. The Bertz CT molecular complexity index is 325. The SMILES string of the molecule is CC(C)(C)OC(=O)[C@@H](C(N)O)[C@H]1CC(Cl)=NO1. The average Bonchev–Trinajstić information content (AvgIpc) is 2.47. The van der Waals surface area contributed by atoms with E-state index in [2.05, 4.69) is 5.16 Å². The number of halogens is 1. The molecule has 0 aromatic rings. The molecule has 1 unspecified atom stereocenters. The lowest BCUT2D eigenvalue weighted by Crippen LogP contribution is -2.45. The zero-order valence-electron chi connectivity index (χ0n) is 10.0. The number of hydrogen-bond acceptors (Lipinski definition) is 6. The van der Waals surface area contributed by atoms with Crippen LogP contribution in [0, 0.1) is 5.92 Å². The van der Waals surface area contributed by atoms with E-state index in [-0.39, 0.29) is 11.6 Å². The van der Waals surface area contributed by atoms with Gasteiger partial charge < -0.3 is 20.4 Å². The zero-order chi connectivity index (χ0) is 13.2. The van der Waals surface area contributed by atoms with Crippen molar-refractivity contribution in [1.29, 1.82) is 0 Å². The van der Waals surface area contributed by atoms with Crippen molar-refractivity contribution in [1.82, 2.24) is 0 Å². The third kappa shape index (κ3) is 4.14. The molecule has 1 aliphatic rings. The topological polar surface area (TPSA) is 94.1 Å². The van der Waals surface area contributed by atoms with Gasteiger partial charge in [0.05, 0.1) is 0 Å². The fourth-order valence-corrected chi connectivity index (χ4v) is 1.63. The molecule has 0 fully saturated rings. The highest BCUT2D eigenvalue weighted by molar-refractivity contribution is 6.65. The summed E-state index contributed by atoms with van der Waals surface area (Å²) in [7, 11) is 0. The fraction of sp³-hybridized carbons (Fsp3) is 0.800. The Morgan fingerprint density at radius 1 is 1.71 bits per heavy atom. The van der Waals surface area contributed by atoms with Gasteiger partial charge in [0.15, 0.2) is 6.10 Å². The molecule has 17 heavy (non-hydrogen) atoms. The van der Waals surface area contributed by atoms with Crippen molar-refractivity contribution in [2.45, 2.75) is 45.1 Å². The van der Waals surface area contributed by atoms with Crippen LogP contribution < -0.4 is 5.73 Å². The van der Waals surface area contributed by atoms with Crippen LogP contribution in [0.3, 0.4) is 0 Å². The quantitative estimate of drug-likeness (QED) is 0.574. The van der Waals surface area contributed by atoms with Crippen LogP contribution in [0.1, 0.15) is 27.2 Å². The predicted molar refractivity (Wildman–Crippen MR) is 62.3 cm³/mol. The third-order valence-electron chi connectivity index (χ3n) is 2.10. The number of esters is 1. The minimum atomic E-state index is -1.38. The molecule has 6 nitrogen and oxygen atoms in total. The fourth-order valence-electron chi connectivity index (χ4n) is 1.44. The van der Waals surface area contributed by atoms with Gasteiger partial charge in [0.1, 0.15) is 22.9 Å². The van der Waals surface area contributed by atoms with E-state index in [1.807, 2.05) is 0 Å². The summed E-state index contributed by atoms with van der Waals surface area (Å²) in [5.74, 6) is -1.63. The van der Waals surface area contributed by atoms with E-state index in [0.29, 0.717) is 0 Å². The molecule has 0 amide bonds. The van der Waals surface area contributed by atoms with Crippen molar-refractivity contribution in [3.8, 4) is 0 Å². The van der Waals surface area contributed by atoms with Crippen molar-refractivity contribution in [3.63, 3.8) is 0 Å². The molecule has 0 spiro atoms. The summed E-state index contributed by atoms with van der Waals surface area (Å²) < 4.78 is 5.16. The van der Waals surface area contributed by atoms with E-state index < -0.39 is 29.8 Å². The maximum Gasteiger partial charge on any atom is 0.317 e. The van der Waals surface area contributed by atoms with Crippen molar-refractivity contribution >= 4 is 22.7 Å². The third-order valence-corrected chi connectivity index (χ3v) is 2.33. The first kappa shape index (κ1) is 14.2. The lowest BCUT2D eigenvalue weighted by molar-refractivity contribution is -0.170. The summed E-state index contributed by atoms with van der Waals surface area (Å²) in [4.78, 5) is 16.8. The van der Waals surface area contributed by atoms with Gasteiger partial charge in [-0.1, -0.05) is 16.8 Å². The molecular weight excluding hydrogens is 248 g/mol. The van der Waals surface area contributed by atoms with Gasteiger partial charge in [-0.3, -0.25) is 4.79 Å². The molecule has 98 valence electrons. The highest BCUT2D eigenvalue weighted by Gasteiger charge is 2.40. The normalized spacial score (nSPS) is 23.6. The van der Waals surface area contributed by atoms with E-state index in [1.54, 1.807) is 20.8 Å². The number of rotatable bonds is 3. The van der Waals surface area contributed by atoms with Crippen LogP contribution in [0.5, 0.6) is 0 Å². The van der Waals surface area contributed by atoms with E-state index in [0.717, 1.165) is 0 Å². The second kappa shape index (κ2) is 5.20. The second-order valence-corrected chi connectivity index (χ2v) is 5.30. The van der Waals surface area contributed by atoms with Gasteiger partial charge in [0.2, 0.25) is 0 Å². The summed E-state index contributed by atoms with van der Waals surface area (Å²) in [6, 6.07) is 0. The smallest absolute Gasteiger partial charge is 0.317 e. The van der Waals surface area contributed by atoms with Crippen molar-refractivity contribution in [2.24, 2.45) is 16.8 Å². The summed E-state index contributed by atoms with van der Waals surface area (Å²) in [6.45, 7) is 5.18. The van der Waals surface area contributed by atoms with Crippen LogP contribution in [0.25, 0.3) is 0 Å². The highest BCUT2D eigenvalue weighted by atomic mass is 35.5. The molecule has 3 atom stereocenters. The molecule has 0 saturated heterocycles. The number of hydrogen-bond donors (Lipinski definition) is 2. The van der Waals surface area contributed by atoms with Crippen molar-refractivity contribution < 1.29 is 19.5 Å². The average molecular weight is 265 g/mol.